The van der Waals surface area contributed by atoms with Gasteiger partial charge in [-0.25, -0.2) is 22.9 Å². The van der Waals surface area contributed by atoms with Crippen molar-refractivity contribution in [3.63, 3.8) is 0 Å². The van der Waals surface area contributed by atoms with E-state index in [-0.39, 0.29) is 23.1 Å². The van der Waals surface area contributed by atoms with Crippen LogP contribution in [0.1, 0.15) is 53.3 Å². The summed E-state index contributed by atoms with van der Waals surface area (Å²) in [5.74, 6) is -0.454. The van der Waals surface area contributed by atoms with Gasteiger partial charge in [0.05, 0.1) is 31.2 Å². The SMILES string of the molecule is CS(=O)(=O)N[C@H]1CCN(c2ncc(C(=O)O)s2)[C@H]1COC1CCC(c2ccccc2)CC1. The number of carbonyl (C=O) groups is 1. The van der Waals surface area contributed by atoms with Gasteiger partial charge in [0.15, 0.2) is 5.13 Å². The molecule has 174 valence electrons. The van der Waals surface area contributed by atoms with Gasteiger partial charge in [-0.05, 0) is 43.6 Å². The Morgan fingerprint density at radius 2 is 1.94 bits per heavy atom. The van der Waals surface area contributed by atoms with Crippen molar-refractivity contribution in [3.8, 4) is 0 Å². The summed E-state index contributed by atoms with van der Waals surface area (Å²) in [6, 6.07) is 10.0. The molecule has 32 heavy (non-hydrogen) atoms. The van der Waals surface area contributed by atoms with Gasteiger partial charge in [-0.1, -0.05) is 41.7 Å². The number of hydrogen-bond acceptors (Lipinski definition) is 7. The Morgan fingerprint density at radius 1 is 1.22 bits per heavy atom. The molecule has 10 heteroatoms. The molecular weight excluding hydrogens is 450 g/mol. The van der Waals surface area contributed by atoms with Crippen molar-refractivity contribution >= 4 is 32.5 Å². The molecule has 1 aromatic heterocycles. The first-order valence-corrected chi connectivity index (χ1v) is 13.6. The lowest BCUT2D eigenvalue weighted by atomic mass is 9.83. The quantitative estimate of drug-likeness (QED) is 0.599. The average Bonchev–Trinajstić information content (AvgIpc) is 3.39. The second-order valence-corrected chi connectivity index (χ2v) is 11.4. The lowest BCUT2D eigenvalue weighted by Gasteiger charge is -2.32. The number of anilines is 1. The first-order chi connectivity index (χ1) is 15.3. The molecule has 2 aromatic rings. The van der Waals surface area contributed by atoms with Gasteiger partial charge in [0, 0.05) is 12.6 Å². The molecule has 1 aliphatic carbocycles. The van der Waals surface area contributed by atoms with E-state index in [1.165, 1.54) is 11.8 Å². The Labute approximate surface area is 192 Å². The molecule has 1 aliphatic heterocycles. The zero-order valence-corrected chi connectivity index (χ0v) is 19.6. The number of sulfonamides is 1. The molecule has 1 aromatic carbocycles. The summed E-state index contributed by atoms with van der Waals surface area (Å²) in [6.07, 6.45) is 7.34. The molecule has 4 rings (SSSR count). The number of carboxylic acid groups (broad SMARTS) is 1. The van der Waals surface area contributed by atoms with Gasteiger partial charge >= 0.3 is 5.97 Å². The van der Waals surface area contributed by atoms with Crippen LogP contribution in [0.4, 0.5) is 5.13 Å². The number of rotatable bonds is 8. The number of ether oxygens (including phenoxy) is 1. The normalized spacial score (nSPS) is 26.3. The van der Waals surface area contributed by atoms with E-state index < -0.39 is 16.0 Å². The molecule has 0 bridgehead atoms. The van der Waals surface area contributed by atoms with Crippen molar-refractivity contribution in [2.75, 3.05) is 24.3 Å². The highest BCUT2D eigenvalue weighted by Gasteiger charge is 2.38. The van der Waals surface area contributed by atoms with Crippen LogP contribution in [0.25, 0.3) is 0 Å². The van der Waals surface area contributed by atoms with Crippen LogP contribution in [0, 0.1) is 0 Å². The van der Waals surface area contributed by atoms with Crippen molar-refractivity contribution in [1.82, 2.24) is 9.71 Å². The minimum atomic E-state index is -3.38. The number of aromatic nitrogens is 1. The summed E-state index contributed by atoms with van der Waals surface area (Å²) in [6.45, 7) is 0.963. The summed E-state index contributed by atoms with van der Waals surface area (Å²) in [5, 5.41) is 9.81. The largest absolute Gasteiger partial charge is 0.477 e. The molecule has 2 aliphatic rings. The Balaban J connectivity index is 1.40. The zero-order chi connectivity index (χ0) is 22.7. The predicted molar refractivity (Wildman–Crippen MR) is 124 cm³/mol. The van der Waals surface area contributed by atoms with Crippen molar-refractivity contribution in [2.45, 2.75) is 56.2 Å². The second-order valence-electron chi connectivity index (χ2n) is 8.58. The van der Waals surface area contributed by atoms with E-state index in [9.17, 15) is 18.3 Å². The lowest BCUT2D eigenvalue weighted by Crippen LogP contribution is -2.48. The highest BCUT2D eigenvalue weighted by atomic mass is 32.2. The van der Waals surface area contributed by atoms with E-state index >= 15 is 0 Å². The Hall–Kier alpha value is -2.01. The van der Waals surface area contributed by atoms with Crippen molar-refractivity contribution in [1.29, 1.82) is 0 Å². The van der Waals surface area contributed by atoms with Gasteiger partial charge < -0.3 is 14.7 Å². The van der Waals surface area contributed by atoms with Crippen molar-refractivity contribution in [2.24, 2.45) is 0 Å². The number of thiazole rings is 1. The van der Waals surface area contributed by atoms with Crippen molar-refractivity contribution < 1.29 is 23.1 Å². The van der Waals surface area contributed by atoms with Crippen LogP contribution >= 0.6 is 11.3 Å². The topological polar surface area (TPSA) is 109 Å². The Morgan fingerprint density at radius 3 is 2.56 bits per heavy atom. The Kier molecular flexibility index (Phi) is 7.14. The minimum Gasteiger partial charge on any atom is -0.477 e. The summed E-state index contributed by atoms with van der Waals surface area (Å²) in [4.78, 5) is 17.7. The monoisotopic (exact) mass is 479 g/mol. The van der Waals surface area contributed by atoms with Gasteiger partial charge in [-0.3, -0.25) is 0 Å². The number of nitrogens with one attached hydrogen (secondary N) is 1. The third-order valence-electron chi connectivity index (χ3n) is 6.31. The van der Waals surface area contributed by atoms with Crippen LogP contribution in [0.15, 0.2) is 36.5 Å². The predicted octanol–water partition coefficient (Wildman–Crippen LogP) is 3.08. The van der Waals surface area contributed by atoms with E-state index in [4.69, 9.17) is 4.74 Å². The van der Waals surface area contributed by atoms with E-state index in [1.54, 1.807) is 0 Å². The first-order valence-electron chi connectivity index (χ1n) is 10.9. The fourth-order valence-electron chi connectivity index (χ4n) is 4.73. The number of nitrogens with zero attached hydrogens (tertiary/aromatic N) is 2. The molecule has 2 atom stereocenters. The van der Waals surface area contributed by atoms with Crippen molar-refractivity contribution in [3.05, 3.63) is 47.0 Å². The molecule has 0 radical (unpaired) electrons. The molecular formula is C22H29N3O5S2. The van der Waals surface area contributed by atoms with Gasteiger partial charge in [0.1, 0.15) is 4.88 Å². The fraction of sp³-hybridized carbons (Fsp3) is 0.545. The first kappa shape index (κ1) is 23.2. The van der Waals surface area contributed by atoms with E-state index in [0.29, 0.717) is 30.6 Å². The maximum atomic E-state index is 11.9. The summed E-state index contributed by atoms with van der Waals surface area (Å²) in [7, 11) is -3.38. The summed E-state index contributed by atoms with van der Waals surface area (Å²) >= 11 is 1.10. The maximum Gasteiger partial charge on any atom is 0.347 e. The van der Waals surface area contributed by atoms with Crippen LogP contribution in [0.2, 0.25) is 0 Å². The van der Waals surface area contributed by atoms with E-state index in [1.807, 2.05) is 11.0 Å². The molecule has 1 saturated heterocycles. The molecule has 8 nitrogen and oxygen atoms in total. The molecule has 2 N–H and O–H groups in total. The number of aromatic carboxylic acids is 1. The van der Waals surface area contributed by atoms with Crippen LogP contribution in [0.5, 0.6) is 0 Å². The van der Waals surface area contributed by atoms with Crippen LogP contribution in [0.3, 0.4) is 0 Å². The lowest BCUT2D eigenvalue weighted by molar-refractivity contribution is 0.0157. The molecule has 2 fully saturated rings. The fourth-order valence-corrected chi connectivity index (χ4v) is 6.39. The van der Waals surface area contributed by atoms with Crippen LogP contribution < -0.4 is 9.62 Å². The smallest absolute Gasteiger partial charge is 0.347 e. The third-order valence-corrected chi connectivity index (χ3v) is 8.06. The maximum absolute atomic E-state index is 11.9. The highest BCUT2D eigenvalue weighted by Crippen LogP contribution is 2.35. The molecule has 0 unspecified atom stereocenters. The third kappa shape index (κ3) is 5.67. The minimum absolute atomic E-state index is 0.141. The van der Waals surface area contributed by atoms with Gasteiger partial charge in [-0.15, -0.1) is 0 Å². The van der Waals surface area contributed by atoms with Crippen LogP contribution in [-0.4, -0.2) is 62.1 Å². The highest BCUT2D eigenvalue weighted by molar-refractivity contribution is 7.88. The number of benzene rings is 1. The number of hydrogen-bond donors (Lipinski definition) is 2. The van der Waals surface area contributed by atoms with Crippen LogP contribution in [-0.2, 0) is 14.8 Å². The molecule has 0 spiro atoms. The summed E-state index contributed by atoms with van der Waals surface area (Å²) < 4.78 is 32.8. The zero-order valence-electron chi connectivity index (χ0n) is 18.0. The van der Waals surface area contributed by atoms with Gasteiger partial charge in [0.2, 0.25) is 10.0 Å². The van der Waals surface area contributed by atoms with Gasteiger partial charge in [0.25, 0.3) is 0 Å². The molecule has 2 heterocycles. The Bertz CT molecular complexity index is 1020. The molecule has 1 saturated carbocycles. The molecule has 0 amide bonds. The average molecular weight is 480 g/mol. The number of carboxylic acids is 1. The van der Waals surface area contributed by atoms with Gasteiger partial charge in [-0.2, -0.15) is 0 Å². The van der Waals surface area contributed by atoms with E-state index in [2.05, 4.69) is 34.0 Å². The standard InChI is InChI=1S/C22H29N3O5S2/c1-32(28,29)24-18-11-12-25(22-23-13-20(31-22)21(26)27)19(18)14-30-17-9-7-16(8-10-17)15-5-3-2-4-6-15/h2-6,13,16-19,24H,7-12,14H2,1H3,(H,26,27)/t16?,17?,18-,19-/m0/s1. The summed E-state index contributed by atoms with van der Waals surface area (Å²) in [5.41, 5.74) is 1.38. The second kappa shape index (κ2) is 9.86. The van der Waals surface area contributed by atoms with E-state index in [0.717, 1.165) is 43.3 Å².